The summed E-state index contributed by atoms with van der Waals surface area (Å²) >= 11 is 0. The van der Waals surface area contributed by atoms with Crippen LogP contribution in [0.2, 0.25) is 0 Å². The normalized spacial score (nSPS) is 13.8. The highest BCUT2D eigenvalue weighted by atomic mass is 19.1. The number of hydrogen-bond donors (Lipinski definition) is 3. The standard InChI is InChI=1S/C18H21FN2O3/c1-21(12-17(23)16(22)10-19)15-7-4-13(5-8-15)2-3-14-6-9-18(24)20-11-14/h2-9,11,16-17,22-23H,10,12H2,1H3,(H,20,24). The quantitative estimate of drug-likeness (QED) is 0.721. The van der Waals surface area contributed by atoms with E-state index in [1.165, 1.54) is 6.07 Å². The number of H-pyrrole nitrogens is 1. The fraction of sp³-hybridized carbons (Fsp3) is 0.278. The van der Waals surface area contributed by atoms with E-state index in [1.807, 2.05) is 36.4 Å². The minimum atomic E-state index is -1.37. The molecule has 2 atom stereocenters. The molecule has 0 bridgehead atoms. The molecule has 6 heteroatoms. The maximum atomic E-state index is 12.3. The predicted molar refractivity (Wildman–Crippen MR) is 93.7 cm³/mol. The van der Waals surface area contributed by atoms with Gasteiger partial charge in [-0.2, -0.15) is 0 Å². The SMILES string of the molecule is CN(CC(O)C(O)CF)c1ccc(C=Cc2ccc(=O)[nH]c2)cc1. The molecule has 0 spiro atoms. The lowest BCUT2D eigenvalue weighted by Gasteiger charge is -2.24. The van der Waals surface area contributed by atoms with Crippen LogP contribution in [0.5, 0.6) is 0 Å². The molecule has 1 heterocycles. The molecule has 0 saturated carbocycles. The number of aliphatic hydroxyl groups excluding tert-OH is 2. The van der Waals surface area contributed by atoms with Gasteiger partial charge in [-0.15, -0.1) is 0 Å². The second kappa shape index (κ2) is 8.42. The molecule has 0 aliphatic heterocycles. The van der Waals surface area contributed by atoms with Gasteiger partial charge in [0.2, 0.25) is 5.56 Å². The van der Waals surface area contributed by atoms with Crippen molar-refractivity contribution in [2.45, 2.75) is 12.2 Å². The van der Waals surface area contributed by atoms with Crippen LogP contribution >= 0.6 is 0 Å². The Bertz CT molecular complexity index is 707. The summed E-state index contributed by atoms with van der Waals surface area (Å²) in [5.41, 5.74) is 2.57. The molecule has 0 aliphatic rings. The summed E-state index contributed by atoms with van der Waals surface area (Å²) in [6.45, 7) is -0.832. The molecule has 1 aromatic carbocycles. The van der Waals surface area contributed by atoms with Gasteiger partial charge >= 0.3 is 0 Å². The van der Waals surface area contributed by atoms with Crippen LogP contribution in [0, 0.1) is 0 Å². The molecule has 0 amide bonds. The second-order valence-electron chi connectivity index (χ2n) is 5.58. The zero-order valence-corrected chi connectivity index (χ0v) is 13.4. The maximum Gasteiger partial charge on any atom is 0.247 e. The van der Waals surface area contributed by atoms with Crippen molar-refractivity contribution in [3.63, 3.8) is 0 Å². The van der Waals surface area contributed by atoms with Crippen LogP contribution in [-0.2, 0) is 0 Å². The van der Waals surface area contributed by atoms with Crippen molar-refractivity contribution in [3.05, 3.63) is 64.1 Å². The Kier molecular flexibility index (Phi) is 6.28. The summed E-state index contributed by atoms with van der Waals surface area (Å²) in [6.07, 6.45) is 2.93. The average molecular weight is 332 g/mol. The molecule has 24 heavy (non-hydrogen) atoms. The van der Waals surface area contributed by atoms with Crippen LogP contribution < -0.4 is 10.5 Å². The van der Waals surface area contributed by atoms with Gasteiger partial charge in [-0.1, -0.05) is 24.3 Å². The van der Waals surface area contributed by atoms with E-state index >= 15 is 0 Å². The molecule has 0 aliphatic carbocycles. The molecule has 1 aromatic heterocycles. The lowest BCUT2D eigenvalue weighted by atomic mass is 10.1. The molecule has 2 rings (SSSR count). The van der Waals surface area contributed by atoms with Crippen LogP contribution in [0.1, 0.15) is 11.1 Å². The highest BCUT2D eigenvalue weighted by Gasteiger charge is 2.17. The number of pyridine rings is 1. The molecule has 2 unspecified atom stereocenters. The highest BCUT2D eigenvalue weighted by molar-refractivity contribution is 5.70. The largest absolute Gasteiger partial charge is 0.388 e. The van der Waals surface area contributed by atoms with Crippen LogP contribution in [0.25, 0.3) is 12.2 Å². The third-order valence-corrected chi connectivity index (χ3v) is 3.67. The minimum absolute atomic E-state index is 0.137. The van der Waals surface area contributed by atoms with Gasteiger partial charge in [0.15, 0.2) is 0 Å². The van der Waals surface area contributed by atoms with E-state index in [4.69, 9.17) is 0 Å². The van der Waals surface area contributed by atoms with Crippen molar-refractivity contribution in [1.82, 2.24) is 4.98 Å². The van der Waals surface area contributed by atoms with Crippen molar-refractivity contribution in [1.29, 1.82) is 0 Å². The Morgan fingerprint density at radius 2 is 1.71 bits per heavy atom. The molecule has 0 saturated heterocycles. The number of likely N-dealkylation sites (N-methyl/N-ethyl adjacent to an activating group) is 1. The summed E-state index contributed by atoms with van der Waals surface area (Å²) in [4.78, 5) is 15.4. The lowest BCUT2D eigenvalue weighted by Crippen LogP contribution is -2.38. The molecule has 3 N–H and O–H groups in total. The summed E-state index contributed by atoms with van der Waals surface area (Å²) in [5.74, 6) is 0. The van der Waals surface area contributed by atoms with Crippen molar-refractivity contribution in [2.75, 3.05) is 25.2 Å². The molecule has 0 fully saturated rings. The van der Waals surface area contributed by atoms with Crippen LogP contribution in [0.4, 0.5) is 10.1 Å². The van der Waals surface area contributed by atoms with Crippen molar-refractivity contribution < 1.29 is 14.6 Å². The first-order chi connectivity index (χ1) is 11.5. The van der Waals surface area contributed by atoms with E-state index in [1.54, 1.807) is 24.2 Å². The zero-order valence-electron chi connectivity index (χ0n) is 13.4. The Balaban J connectivity index is 1.99. The van der Waals surface area contributed by atoms with E-state index in [0.29, 0.717) is 0 Å². The fourth-order valence-electron chi connectivity index (χ4n) is 2.17. The van der Waals surface area contributed by atoms with Crippen molar-refractivity contribution >= 4 is 17.8 Å². The zero-order chi connectivity index (χ0) is 17.5. The Morgan fingerprint density at radius 3 is 2.29 bits per heavy atom. The van der Waals surface area contributed by atoms with E-state index in [9.17, 15) is 19.4 Å². The van der Waals surface area contributed by atoms with Gasteiger partial charge < -0.3 is 20.1 Å². The monoisotopic (exact) mass is 332 g/mol. The van der Waals surface area contributed by atoms with E-state index in [0.717, 1.165) is 16.8 Å². The number of rotatable bonds is 7. The van der Waals surface area contributed by atoms with Crippen molar-refractivity contribution in [3.8, 4) is 0 Å². The summed E-state index contributed by atoms with van der Waals surface area (Å²) in [6, 6.07) is 10.8. The van der Waals surface area contributed by atoms with Gasteiger partial charge in [0.05, 0.1) is 6.10 Å². The van der Waals surface area contributed by atoms with Crippen LogP contribution in [0.3, 0.4) is 0 Å². The third kappa shape index (κ3) is 5.04. The lowest BCUT2D eigenvalue weighted by molar-refractivity contribution is 0.0102. The number of halogens is 1. The number of anilines is 1. The first kappa shape index (κ1) is 17.9. The van der Waals surface area contributed by atoms with Crippen LogP contribution in [0.15, 0.2) is 47.4 Å². The first-order valence-electron chi connectivity index (χ1n) is 7.59. The topological polar surface area (TPSA) is 76.6 Å². The van der Waals surface area contributed by atoms with Crippen LogP contribution in [-0.4, -0.2) is 47.7 Å². The van der Waals surface area contributed by atoms with E-state index in [-0.39, 0.29) is 12.1 Å². The second-order valence-corrected chi connectivity index (χ2v) is 5.58. The highest BCUT2D eigenvalue weighted by Crippen LogP contribution is 2.16. The number of nitrogens with one attached hydrogen (secondary N) is 1. The smallest absolute Gasteiger partial charge is 0.247 e. The molecule has 2 aromatic rings. The number of hydrogen-bond acceptors (Lipinski definition) is 4. The average Bonchev–Trinajstić information content (AvgIpc) is 2.60. The van der Waals surface area contributed by atoms with Gasteiger partial charge in [-0.05, 0) is 29.3 Å². The molecular formula is C18H21FN2O3. The Morgan fingerprint density at radius 1 is 1.08 bits per heavy atom. The van der Waals surface area contributed by atoms with E-state index < -0.39 is 18.9 Å². The van der Waals surface area contributed by atoms with Gasteiger partial charge in [0.1, 0.15) is 12.8 Å². The number of benzene rings is 1. The van der Waals surface area contributed by atoms with Gasteiger partial charge in [-0.25, -0.2) is 4.39 Å². The number of aromatic nitrogens is 1. The molecule has 5 nitrogen and oxygen atoms in total. The third-order valence-electron chi connectivity index (χ3n) is 3.67. The van der Waals surface area contributed by atoms with E-state index in [2.05, 4.69) is 4.98 Å². The van der Waals surface area contributed by atoms with Gasteiger partial charge in [0, 0.05) is 31.5 Å². The summed E-state index contributed by atoms with van der Waals surface area (Å²) in [7, 11) is 1.76. The number of nitrogens with zero attached hydrogens (tertiary/aromatic N) is 1. The predicted octanol–water partition coefficient (Wildman–Crippen LogP) is 1.67. The number of aliphatic hydroxyl groups is 2. The minimum Gasteiger partial charge on any atom is -0.388 e. The number of aromatic amines is 1. The van der Waals surface area contributed by atoms with Crippen molar-refractivity contribution in [2.24, 2.45) is 0 Å². The fourth-order valence-corrected chi connectivity index (χ4v) is 2.17. The summed E-state index contributed by atoms with van der Waals surface area (Å²) in [5, 5.41) is 18.9. The summed E-state index contributed by atoms with van der Waals surface area (Å²) < 4.78 is 12.3. The number of alkyl halides is 1. The molecule has 0 radical (unpaired) electrons. The van der Waals surface area contributed by atoms with Gasteiger partial charge in [-0.3, -0.25) is 4.79 Å². The maximum absolute atomic E-state index is 12.3. The Labute approximate surface area is 139 Å². The molecular weight excluding hydrogens is 311 g/mol. The van der Waals surface area contributed by atoms with Gasteiger partial charge in [0.25, 0.3) is 0 Å². The first-order valence-corrected chi connectivity index (χ1v) is 7.59. The molecule has 128 valence electrons. The Hall–Kier alpha value is -2.44.